The van der Waals surface area contributed by atoms with E-state index in [2.05, 4.69) is 0 Å². The summed E-state index contributed by atoms with van der Waals surface area (Å²) in [5.41, 5.74) is 0.509. The van der Waals surface area contributed by atoms with Gasteiger partial charge in [0.25, 0.3) is 0 Å². The van der Waals surface area contributed by atoms with E-state index in [4.69, 9.17) is 28.4 Å². The SMILES string of the molecule is COCCOCCOCC(C)(O)c1ccc(CC(C)(O)OCCOCCOC)cc1. The smallest absolute Gasteiger partial charge is 0.166 e. The minimum atomic E-state index is -1.30. The van der Waals surface area contributed by atoms with Crippen molar-refractivity contribution in [3.05, 3.63) is 35.4 Å². The predicted octanol–water partition coefficient (Wildman–Crippen LogP) is 1.50. The van der Waals surface area contributed by atoms with E-state index in [-0.39, 0.29) is 13.2 Å². The van der Waals surface area contributed by atoms with Gasteiger partial charge in [-0.15, -0.1) is 0 Å². The summed E-state index contributed by atoms with van der Waals surface area (Å²) in [7, 11) is 3.24. The molecule has 30 heavy (non-hydrogen) atoms. The average molecular weight is 431 g/mol. The van der Waals surface area contributed by atoms with E-state index in [9.17, 15) is 10.2 Å². The highest BCUT2D eigenvalue weighted by atomic mass is 16.6. The third-order valence-corrected chi connectivity index (χ3v) is 4.37. The van der Waals surface area contributed by atoms with Gasteiger partial charge in [-0.1, -0.05) is 24.3 Å². The quantitative estimate of drug-likeness (QED) is 0.267. The van der Waals surface area contributed by atoms with E-state index in [1.807, 2.05) is 24.3 Å². The zero-order chi connectivity index (χ0) is 22.3. The lowest BCUT2D eigenvalue weighted by Gasteiger charge is -2.26. The number of aliphatic hydroxyl groups is 2. The first-order chi connectivity index (χ1) is 14.3. The van der Waals surface area contributed by atoms with Gasteiger partial charge >= 0.3 is 0 Å². The van der Waals surface area contributed by atoms with Crippen molar-refractivity contribution in [3.8, 4) is 0 Å². The van der Waals surface area contributed by atoms with Crippen LogP contribution in [0.3, 0.4) is 0 Å². The molecule has 2 atom stereocenters. The highest BCUT2D eigenvalue weighted by Gasteiger charge is 2.25. The molecule has 2 unspecified atom stereocenters. The van der Waals surface area contributed by atoms with Crippen molar-refractivity contribution in [3.63, 3.8) is 0 Å². The van der Waals surface area contributed by atoms with Gasteiger partial charge in [0.2, 0.25) is 0 Å². The first kappa shape index (κ1) is 26.9. The van der Waals surface area contributed by atoms with E-state index in [0.717, 1.165) is 11.1 Å². The largest absolute Gasteiger partial charge is 0.383 e. The Kier molecular flexibility index (Phi) is 13.3. The number of benzene rings is 1. The summed E-state index contributed by atoms with van der Waals surface area (Å²) in [6.07, 6.45) is 0.322. The lowest BCUT2D eigenvalue weighted by atomic mass is 9.94. The second-order valence-electron chi connectivity index (χ2n) is 7.43. The molecule has 1 rings (SSSR count). The fraction of sp³-hybridized carbons (Fsp3) is 0.727. The summed E-state index contributed by atoms with van der Waals surface area (Å²) in [6, 6.07) is 7.39. The van der Waals surface area contributed by atoms with Gasteiger partial charge in [0, 0.05) is 20.6 Å². The normalized spacial score (nSPS) is 15.7. The maximum Gasteiger partial charge on any atom is 0.166 e. The van der Waals surface area contributed by atoms with Crippen LogP contribution in [0.2, 0.25) is 0 Å². The lowest BCUT2D eigenvalue weighted by Crippen LogP contribution is -2.32. The molecule has 174 valence electrons. The molecule has 8 nitrogen and oxygen atoms in total. The maximum atomic E-state index is 10.7. The third kappa shape index (κ3) is 11.9. The molecule has 0 aliphatic rings. The summed E-state index contributed by atoms with van der Waals surface area (Å²) < 4.78 is 31.5. The van der Waals surface area contributed by atoms with E-state index in [1.165, 1.54) is 0 Å². The Bertz CT molecular complexity index is 545. The van der Waals surface area contributed by atoms with Gasteiger partial charge < -0.3 is 38.6 Å². The van der Waals surface area contributed by atoms with Crippen LogP contribution >= 0.6 is 0 Å². The summed E-state index contributed by atoms with van der Waals surface area (Å²) in [5, 5.41) is 21.1. The van der Waals surface area contributed by atoms with E-state index < -0.39 is 11.4 Å². The van der Waals surface area contributed by atoms with Crippen LogP contribution in [0, 0.1) is 0 Å². The van der Waals surface area contributed by atoms with Gasteiger partial charge in [-0.3, -0.25) is 0 Å². The van der Waals surface area contributed by atoms with Gasteiger partial charge in [-0.05, 0) is 25.0 Å². The Morgan fingerprint density at radius 1 is 0.700 bits per heavy atom. The van der Waals surface area contributed by atoms with Crippen LogP contribution in [-0.2, 0) is 40.4 Å². The first-order valence-corrected chi connectivity index (χ1v) is 10.2. The van der Waals surface area contributed by atoms with E-state index in [1.54, 1.807) is 28.1 Å². The molecule has 1 aromatic rings. The van der Waals surface area contributed by atoms with Crippen LogP contribution in [0.4, 0.5) is 0 Å². The van der Waals surface area contributed by atoms with E-state index in [0.29, 0.717) is 52.7 Å². The van der Waals surface area contributed by atoms with Crippen molar-refractivity contribution in [1.29, 1.82) is 0 Å². The van der Waals surface area contributed by atoms with Crippen molar-refractivity contribution in [2.24, 2.45) is 0 Å². The Hall–Kier alpha value is -1.10. The zero-order valence-corrected chi connectivity index (χ0v) is 18.7. The summed E-state index contributed by atoms with van der Waals surface area (Å²) >= 11 is 0. The van der Waals surface area contributed by atoms with E-state index >= 15 is 0 Å². The molecule has 0 radical (unpaired) electrons. The molecule has 2 N–H and O–H groups in total. The second kappa shape index (κ2) is 14.8. The highest BCUT2D eigenvalue weighted by molar-refractivity contribution is 5.27. The topological polar surface area (TPSA) is 95.8 Å². The first-order valence-electron chi connectivity index (χ1n) is 10.2. The molecule has 0 saturated carbocycles. The van der Waals surface area contributed by atoms with Crippen LogP contribution in [0.15, 0.2) is 24.3 Å². The van der Waals surface area contributed by atoms with Crippen LogP contribution < -0.4 is 0 Å². The summed E-state index contributed by atoms with van der Waals surface area (Å²) in [6.45, 7) is 7.09. The van der Waals surface area contributed by atoms with Crippen molar-refractivity contribution in [1.82, 2.24) is 0 Å². The number of hydrogen-bond acceptors (Lipinski definition) is 8. The molecule has 0 fully saturated rings. The molecule has 0 spiro atoms. The number of hydrogen-bond donors (Lipinski definition) is 2. The number of rotatable bonds is 18. The standard InChI is InChI=1S/C22H38O8/c1-21(23,18-29-14-13-27-11-9-25-3)20-7-5-19(6-8-20)17-22(2,24)30-16-15-28-12-10-26-4/h5-8,23-24H,9-18H2,1-4H3. The Balaban J connectivity index is 2.37. The predicted molar refractivity (Wildman–Crippen MR) is 113 cm³/mol. The van der Waals surface area contributed by atoms with Crippen LogP contribution in [-0.4, -0.2) is 89.7 Å². The molecule has 0 heterocycles. The zero-order valence-electron chi connectivity index (χ0n) is 18.7. The fourth-order valence-corrected chi connectivity index (χ4v) is 2.69. The Morgan fingerprint density at radius 3 is 1.77 bits per heavy atom. The lowest BCUT2D eigenvalue weighted by molar-refractivity contribution is -0.195. The molecule has 0 aromatic heterocycles. The maximum absolute atomic E-state index is 10.7. The van der Waals surface area contributed by atoms with Gasteiger partial charge in [0.15, 0.2) is 5.79 Å². The monoisotopic (exact) mass is 430 g/mol. The minimum Gasteiger partial charge on any atom is -0.383 e. The molecular formula is C22H38O8. The van der Waals surface area contributed by atoms with Gasteiger partial charge in [0.05, 0.1) is 59.5 Å². The second-order valence-corrected chi connectivity index (χ2v) is 7.43. The van der Waals surface area contributed by atoms with Gasteiger partial charge in [0.1, 0.15) is 5.60 Å². The molecular weight excluding hydrogens is 392 g/mol. The molecule has 0 aliphatic carbocycles. The van der Waals surface area contributed by atoms with Crippen molar-refractivity contribution < 1.29 is 38.6 Å². The molecule has 0 saturated heterocycles. The molecule has 0 bridgehead atoms. The number of methoxy groups -OCH3 is 2. The summed E-state index contributed by atoms with van der Waals surface area (Å²) in [5.74, 6) is -1.30. The molecule has 0 amide bonds. The average Bonchev–Trinajstić information content (AvgIpc) is 2.70. The molecule has 8 heteroatoms. The van der Waals surface area contributed by atoms with Crippen molar-refractivity contribution in [2.75, 3.05) is 73.7 Å². The van der Waals surface area contributed by atoms with Gasteiger partial charge in [-0.25, -0.2) is 0 Å². The minimum absolute atomic E-state index is 0.157. The summed E-state index contributed by atoms with van der Waals surface area (Å²) in [4.78, 5) is 0. The van der Waals surface area contributed by atoms with Crippen LogP contribution in [0.1, 0.15) is 25.0 Å². The Morgan fingerprint density at radius 2 is 1.20 bits per heavy atom. The third-order valence-electron chi connectivity index (χ3n) is 4.37. The van der Waals surface area contributed by atoms with Crippen LogP contribution in [0.25, 0.3) is 0 Å². The fourth-order valence-electron chi connectivity index (χ4n) is 2.69. The Labute approximate surface area is 180 Å². The van der Waals surface area contributed by atoms with Crippen molar-refractivity contribution >= 4 is 0 Å². The highest BCUT2D eigenvalue weighted by Crippen LogP contribution is 2.23. The van der Waals surface area contributed by atoms with Crippen molar-refractivity contribution in [2.45, 2.75) is 31.7 Å². The molecule has 1 aromatic carbocycles. The van der Waals surface area contributed by atoms with Crippen LogP contribution in [0.5, 0.6) is 0 Å². The number of ether oxygens (including phenoxy) is 6. The van der Waals surface area contributed by atoms with Gasteiger partial charge in [-0.2, -0.15) is 0 Å². The molecule has 0 aliphatic heterocycles.